The number of hydrogen-bond acceptors (Lipinski definition) is 6. The van der Waals surface area contributed by atoms with Gasteiger partial charge in [-0.1, -0.05) is 241 Å². The summed E-state index contributed by atoms with van der Waals surface area (Å²) >= 11 is 0. The molecule has 0 heterocycles. The fourth-order valence-corrected chi connectivity index (χ4v) is 7.93. The number of rotatable bonds is 51. The number of unbranched alkanes of at least 4 members (excludes halogenated alkanes) is 28. The molecule has 386 valence electrons. The van der Waals surface area contributed by atoms with Crippen molar-refractivity contribution in [2.45, 2.75) is 284 Å². The molecule has 0 radical (unpaired) electrons. The normalized spacial score (nSPS) is 12.6. The average Bonchev–Trinajstić information content (AvgIpc) is 3.33. The predicted molar refractivity (Wildman–Crippen MR) is 288 cm³/mol. The lowest BCUT2D eigenvalue weighted by Gasteiger charge is -2.18. The van der Waals surface area contributed by atoms with E-state index in [9.17, 15) is 14.4 Å². The van der Waals surface area contributed by atoms with E-state index >= 15 is 0 Å². The maximum absolute atomic E-state index is 12.8. The lowest BCUT2D eigenvalue weighted by molar-refractivity contribution is -0.167. The van der Waals surface area contributed by atoms with Crippen molar-refractivity contribution in [2.24, 2.45) is 0 Å². The quantitative estimate of drug-likeness (QED) is 0.0262. The number of hydrogen-bond donors (Lipinski definition) is 0. The van der Waals surface area contributed by atoms with Crippen molar-refractivity contribution in [2.75, 3.05) is 13.2 Å². The van der Waals surface area contributed by atoms with Gasteiger partial charge in [-0.05, 0) is 89.9 Å². The summed E-state index contributed by atoms with van der Waals surface area (Å²) in [6.45, 7) is 6.51. The zero-order chi connectivity index (χ0) is 48.6. The molecule has 1 unspecified atom stereocenters. The summed E-state index contributed by atoms with van der Waals surface area (Å²) in [4.78, 5) is 38.1. The van der Waals surface area contributed by atoms with Crippen LogP contribution in [0.25, 0.3) is 0 Å². The van der Waals surface area contributed by atoms with Crippen molar-refractivity contribution in [1.82, 2.24) is 0 Å². The molecule has 67 heavy (non-hydrogen) atoms. The van der Waals surface area contributed by atoms with Crippen LogP contribution in [0, 0.1) is 0 Å². The van der Waals surface area contributed by atoms with Crippen molar-refractivity contribution in [3.8, 4) is 0 Å². The third-order valence-electron chi connectivity index (χ3n) is 12.2. The maximum Gasteiger partial charge on any atom is 0.306 e. The summed E-state index contributed by atoms with van der Waals surface area (Å²) < 4.78 is 16.8. The van der Waals surface area contributed by atoms with Gasteiger partial charge >= 0.3 is 17.9 Å². The first kappa shape index (κ1) is 63.8. The molecular weight excluding hydrogens is 829 g/mol. The van der Waals surface area contributed by atoms with Crippen LogP contribution in [0.3, 0.4) is 0 Å². The van der Waals surface area contributed by atoms with Crippen LogP contribution in [0.5, 0.6) is 0 Å². The highest BCUT2D eigenvalue weighted by atomic mass is 16.6. The van der Waals surface area contributed by atoms with Crippen molar-refractivity contribution in [1.29, 1.82) is 0 Å². The molecule has 0 saturated carbocycles. The Morgan fingerprint density at radius 3 is 0.925 bits per heavy atom. The molecule has 1 atom stereocenters. The highest BCUT2D eigenvalue weighted by Gasteiger charge is 2.19. The molecule has 0 spiro atoms. The second-order valence-corrected chi connectivity index (χ2v) is 18.8. The Morgan fingerprint density at radius 2 is 0.582 bits per heavy atom. The first-order valence-corrected chi connectivity index (χ1v) is 28.4. The Hall–Kier alpha value is -3.15. The highest BCUT2D eigenvalue weighted by Crippen LogP contribution is 2.15. The molecule has 0 N–H and O–H groups in total. The molecular formula is C61H106O6. The molecule has 0 rings (SSSR count). The summed E-state index contributed by atoms with van der Waals surface area (Å²) in [6.07, 6.45) is 70.3. The molecule has 0 aliphatic rings. The van der Waals surface area contributed by atoms with Gasteiger partial charge in [0.25, 0.3) is 0 Å². The minimum atomic E-state index is -0.782. The Balaban J connectivity index is 4.32. The molecule has 0 bridgehead atoms. The van der Waals surface area contributed by atoms with E-state index in [1.54, 1.807) is 0 Å². The van der Waals surface area contributed by atoms with Crippen LogP contribution in [0.1, 0.15) is 278 Å². The Kier molecular flexibility index (Phi) is 52.8. The summed E-state index contributed by atoms with van der Waals surface area (Å²) in [5.41, 5.74) is 0. The first-order valence-electron chi connectivity index (χ1n) is 28.4. The second kappa shape index (κ2) is 55.4. The summed E-state index contributed by atoms with van der Waals surface area (Å²) in [5, 5.41) is 0. The molecule has 0 aromatic rings. The van der Waals surface area contributed by atoms with Crippen molar-refractivity contribution in [3.05, 3.63) is 72.9 Å². The molecule has 6 nitrogen and oxygen atoms in total. The average molecular weight is 936 g/mol. The topological polar surface area (TPSA) is 78.9 Å². The molecule has 6 heteroatoms. The number of carbonyl (C=O) groups is 3. The number of carbonyl (C=O) groups excluding carboxylic acids is 3. The van der Waals surface area contributed by atoms with Crippen LogP contribution in [0.15, 0.2) is 72.9 Å². The van der Waals surface area contributed by atoms with E-state index in [4.69, 9.17) is 14.2 Å². The molecule has 0 aliphatic carbocycles. The van der Waals surface area contributed by atoms with E-state index < -0.39 is 6.10 Å². The van der Waals surface area contributed by atoms with Gasteiger partial charge in [0.05, 0.1) is 0 Å². The Morgan fingerprint density at radius 1 is 0.313 bits per heavy atom. The van der Waals surface area contributed by atoms with E-state index in [-0.39, 0.29) is 31.1 Å². The van der Waals surface area contributed by atoms with Gasteiger partial charge in [-0.3, -0.25) is 14.4 Å². The molecule has 0 aliphatic heterocycles. The van der Waals surface area contributed by atoms with Crippen LogP contribution in [-0.2, 0) is 28.6 Å². The Bertz CT molecular complexity index is 1260. The van der Waals surface area contributed by atoms with Gasteiger partial charge in [-0.15, -0.1) is 0 Å². The summed E-state index contributed by atoms with van der Waals surface area (Å²) in [7, 11) is 0. The van der Waals surface area contributed by atoms with E-state index in [2.05, 4.69) is 93.7 Å². The van der Waals surface area contributed by atoms with Crippen LogP contribution in [-0.4, -0.2) is 37.2 Å². The van der Waals surface area contributed by atoms with E-state index in [0.717, 1.165) is 109 Å². The van der Waals surface area contributed by atoms with E-state index in [1.165, 1.54) is 128 Å². The summed E-state index contributed by atoms with van der Waals surface area (Å²) in [6, 6.07) is 0. The molecule has 0 saturated heterocycles. The zero-order valence-corrected chi connectivity index (χ0v) is 44.2. The van der Waals surface area contributed by atoms with Gasteiger partial charge in [0.2, 0.25) is 0 Å². The minimum absolute atomic E-state index is 0.0802. The van der Waals surface area contributed by atoms with Crippen molar-refractivity contribution in [3.63, 3.8) is 0 Å². The lowest BCUT2D eigenvalue weighted by Crippen LogP contribution is -2.30. The van der Waals surface area contributed by atoms with Crippen LogP contribution in [0.2, 0.25) is 0 Å². The zero-order valence-electron chi connectivity index (χ0n) is 44.2. The Labute approximate surface area is 414 Å². The van der Waals surface area contributed by atoms with Crippen molar-refractivity contribution >= 4 is 17.9 Å². The fraction of sp³-hybridized carbons (Fsp3) is 0.754. The van der Waals surface area contributed by atoms with E-state index in [0.29, 0.717) is 19.3 Å². The smallest absolute Gasteiger partial charge is 0.306 e. The number of allylic oxidation sites excluding steroid dienone is 12. The largest absolute Gasteiger partial charge is 0.462 e. The van der Waals surface area contributed by atoms with E-state index in [1.807, 2.05) is 0 Å². The third kappa shape index (κ3) is 53.7. The standard InChI is InChI=1S/C61H106O6/c1-4-7-10-13-16-19-22-24-26-28-29-30-31-32-33-34-36-37-39-42-45-48-51-54-60(63)66-57-58(56-65-59(62)53-50-47-44-41-21-18-15-12-9-6-3)67-61(64)55-52-49-46-43-40-38-35-27-25-23-20-17-14-11-8-5-2/h7,10,16,19,24,26-27,29-30,32-33,35,58H,4-6,8-9,11-15,17-18,20-23,25,28,31,34,36-57H2,1-3H3/b10-7-,19-16-,26-24-,30-29-,33-32-,35-27-. The summed E-state index contributed by atoms with van der Waals surface area (Å²) in [5.74, 6) is -0.894. The van der Waals surface area contributed by atoms with Gasteiger partial charge in [0.15, 0.2) is 6.10 Å². The van der Waals surface area contributed by atoms with Crippen LogP contribution >= 0.6 is 0 Å². The van der Waals surface area contributed by atoms with Gasteiger partial charge in [0, 0.05) is 19.3 Å². The van der Waals surface area contributed by atoms with Crippen LogP contribution in [0.4, 0.5) is 0 Å². The van der Waals surface area contributed by atoms with Gasteiger partial charge in [-0.2, -0.15) is 0 Å². The van der Waals surface area contributed by atoms with Crippen molar-refractivity contribution < 1.29 is 28.6 Å². The SMILES string of the molecule is CC/C=C\C/C=C\C/C=C\C/C=C\C/C=C\CCCCCCCCCC(=O)OCC(COC(=O)CCCCCCCCCCCC)OC(=O)CCCCCCC/C=C\CCCCCCCCC. The maximum atomic E-state index is 12.8. The molecule has 0 aromatic heterocycles. The van der Waals surface area contributed by atoms with Gasteiger partial charge < -0.3 is 14.2 Å². The van der Waals surface area contributed by atoms with Gasteiger partial charge in [-0.25, -0.2) is 0 Å². The lowest BCUT2D eigenvalue weighted by atomic mass is 10.1. The predicted octanol–water partition coefficient (Wildman–Crippen LogP) is 19.0. The van der Waals surface area contributed by atoms with Gasteiger partial charge in [0.1, 0.15) is 13.2 Å². The van der Waals surface area contributed by atoms with Crippen LogP contribution < -0.4 is 0 Å². The fourth-order valence-electron chi connectivity index (χ4n) is 7.93. The third-order valence-corrected chi connectivity index (χ3v) is 12.2. The monoisotopic (exact) mass is 935 g/mol. The highest BCUT2D eigenvalue weighted by molar-refractivity contribution is 5.71. The minimum Gasteiger partial charge on any atom is -0.462 e. The molecule has 0 aromatic carbocycles. The molecule has 0 amide bonds. The second-order valence-electron chi connectivity index (χ2n) is 18.8. The number of esters is 3. The number of ether oxygens (including phenoxy) is 3. The molecule has 0 fully saturated rings. The first-order chi connectivity index (χ1) is 33.0.